The Morgan fingerprint density at radius 1 is 0.346 bits per heavy atom. The van der Waals surface area contributed by atoms with Crippen molar-refractivity contribution in [3.63, 3.8) is 0 Å². The maximum Gasteiger partial charge on any atom is 0.305 e. The molecule has 6 nitrogen and oxygen atoms in total. The molecule has 0 heterocycles. The van der Waals surface area contributed by atoms with Crippen LogP contribution in [0.2, 0.25) is 0 Å². The molecule has 0 rings (SSSR count). The van der Waals surface area contributed by atoms with Gasteiger partial charge in [0.25, 0.3) is 0 Å². The van der Waals surface area contributed by atoms with Gasteiger partial charge in [0.05, 0.1) is 25.4 Å². The number of hydrogen-bond acceptors (Lipinski definition) is 5. The summed E-state index contributed by atoms with van der Waals surface area (Å²) in [6.45, 7) is 4.97. The van der Waals surface area contributed by atoms with E-state index in [1.165, 1.54) is 321 Å². The van der Waals surface area contributed by atoms with Crippen molar-refractivity contribution in [3.05, 3.63) is 36.5 Å². The third kappa shape index (κ3) is 67.1. The van der Waals surface area contributed by atoms with Gasteiger partial charge in [-0.3, -0.25) is 9.59 Å². The number of amides is 1. The van der Waals surface area contributed by atoms with Gasteiger partial charge in [-0.25, -0.2) is 0 Å². The molecule has 0 aliphatic rings. The number of carbonyl (C=O) groups is 2. The molecule has 2 atom stereocenters. The van der Waals surface area contributed by atoms with E-state index in [1.54, 1.807) is 0 Å². The van der Waals surface area contributed by atoms with Gasteiger partial charge in [0.15, 0.2) is 0 Å². The second-order valence-corrected chi connectivity index (χ2v) is 25.3. The van der Waals surface area contributed by atoms with Crippen molar-refractivity contribution in [2.75, 3.05) is 13.2 Å². The third-order valence-corrected chi connectivity index (χ3v) is 17.2. The first kappa shape index (κ1) is 79.1. The predicted octanol–water partition coefficient (Wildman–Crippen LogP) is 23.9. The molecule has 0 bridgehead atoms. The topological polar surface area (TPSA) is 95.9 Å². The minimum Gasteiger partial charge on any atom is -0.466 e. The lowest BCUT2D eigenvalue weighted by molar-refractivity contribution is -0.143. The Balaban J connectivity index is 3.37. The number of ether oxygens (including phenoxy) is 1. The molecule has 2 unspecified atom stereocenters. The third-order valence-electron chi connectivity index (χ3n) is 17.2. The molecule has 0 saturated carbocycles. The summed E-state index contributed by atoms with van der Waals surface area (Å²) in [5.74, 6) is -0.0233. The zero-order valence-electron chi connectivity index (χ0n) is 54.8. The summed E-state index contributed by atoms with van der Waals surface area (Å²) < 4.78 is 5.49. The maximum atomic E-state index is 12.5. The lowest BCUT2D eigenvalue weighted by Crippen LogP contribution is -2.45. The van der Waals surface area contributed by atoms with E-state index >= 15 is 0 Å². The van der Waals surface area contributed by atoms with Crippen LogP contribution < -0.4 is 5.32 Å². The molecule has 0 fully saturated rings. The molecule has 6 heteroatoms. The molecule has 0 spiro atoms. The van der Waals surface area contributed by atoms with Gasteiger partial charge in [0.1, 0.15) is 0 Å². The Bertz CT molecular complexity index is 1310. The highest BCUT2D eigenvalue weighted by atomic mass is 16.5. The van der Waals surface area contributed by atoms with Gasteiger partial charge < -0.3 is 20.3 Å². The van der Waals surface area contributed by atoms with Gasteiger partial charge in [-0.15, -0.1) is 0 Å². The molecule has 0 aromatic carbocycles. The van der Waals surface area contributed by atoms with Gasteiger partial charge in [-0.2, -0.15) is 0 Å². The molecule has 81 heavy (non-hydrogen) atoms. The van der Waals surface area contributed by atoms with Crippen molar-refractivity contribution >= 4 is 11.9 Å². The van der Waals surface area contributed by atoms with E-state index in [2.05, 4.69) is 55.6 Å². The number of esters is 1. The maximum absolute atomic E-state index is 12.5. The minimum atomic E-state index is -0.663. The first-order valence-corrected chi connectivity index (χ1v) is 36.7. The molecule has 478 valence electrons. The van der Waals surface area contributed by atoms with Crippen molar-refractivity contribution in [3.8, 4) is 0 Å². The lowest BCUT2D eigenvalue weighted by Gasteiger charge is -2.22. The number of aliphatic hydroxyl groups is 2. The van der Waals surface area contributed by atoms with Gasteiger partial charge in [0.2, 0.25) is 5.91 Å². The monoisotopic (exact) mass is 1140 g/mol. The second kappa shape index (κ2) is 70.6. The van der Waals surface area contributed by atoms with Crippen LogP contribution in [0.25, 0.3) is 0 Å². The van der Waals surface area contributed by atoms with E-state index in [0.29, 0.717) is 25.9 Å². The standard InChI is InChI=1S/C75H143NO5/c1-3-5-7-9-11-13-15-17-19-40-43-47-51-55-59-63-67-73(78)72(71-77)76-74(79)68-64-60-56-52-48-44-41-37-35-33-31-29-27-25-23-21-20-22-24-26-28-30-32-34-36-38-42-46-50-54-58-62-66-70-81-75(80)69-65-61-57-53-49-45-39-18-16-14-12-10-8-6-4-2/h18,24,26,30,32,39,72-73,77-78H,3-17,19-23,25,27-29,31,33-38,40-71H2,1-2H3,(H,76,79)/b26-24-,32-30-,39-18-. The fourth-order valence-electron chi connectivity index (χ4n) is 11.6. The highest BCUT2D eigenvalue weighted by Gasteiger charge is 2.20. The largest absolute Gasteiger partial charge is 0.466 e. The van der Waals surface area contributed by atoms with Crippen molar-refractivity contribution in [2.45, 2.75) is 418 Å². The first-order valence-electron chi connectivity index (χ1n) is 36.7. The van der Waals surface area contributed by atoms with Crippen LogP contribution in [-0.4, -0.2) is 47.4 Å². The molecule has 3 N–H and O–H groups in total. The van der Waals surface area contributed by atoms with E-state index in [1.807, 2.05) is 0 Å². The average molecular weight is 1140 g/mol. The number of nitrogens with one attached hydrogen (secondary N) is 1. The molecule has 0 aromatic heterocycles. The van der Waals surface area contributed by atoms with Crippen LogP contribution >= 0.6 is 0 Å². The molecule has 0 aliphatic heterocycles. The number of aliphatic hydroxyl groups excluding tert-OH is 2. The SMILES string of the molecule is CCCCCCCC/C=C\CCCCCCCC(=O)OCCCCCCCCCCC/C=C\C/C=C\CCCCCCCCCCCCCCCCCCCC(=O)NC(CO)C(O)CCCCCCCCCCCCCCCCCC. The zero-order chi connectivity index (χ0) is 58.5. The summed E-state index contributed by atoms with van der Waals surface area (Å²) >= 11 is 0. The molecule has 0 aromatic rings. The van der Waals surface area contributed by atoms with Crippen molar-refractivity contribution in [2.24, 2.45) is 0 Å². The van der Waals surface area contributed by atoms with Crippen molar-refractivity contribution in [1.29, 1.82) is 0 Å². The molecule has 0 saturated heterocycles. The number of hydrogen-bond donors (Lipinski definition) is 3. The fraction of sp³-hybridized carbons (Fsp3) is 0.893. The first-order chi connectivity index (χ1) is 40.0. The Labute approximate surface area is 506 Å². The normalized spacial score (nSPS) is 12.7. The average Bonchev–Trinajstić information content (AvgIpc) is 3.47. The van der Waals surface area contributed by atoms with Gasteiger partial charge in [-0.1, -0.05) is 346 Å². The number of unbranched alkanes of at least 4 members (excludes halogenated alkanes) is 52. The Morgan fingerprint density at radius 3 is 0.951 bits per heavy atom. The second-order valence-electron chi connectivity index (χ2n) is 25.3. The number of carbonyl (C=O) groups excluding carboxylic acids is 2. The summed E-state index contributed by atoms with van der Waals surface area (Å²) in [6, 6.07) is -0.540. The summed E-state index contributed by atoms with van der Waals surface area (Å²) in [7, 11) is 0. The van der Waals surface area contributed by atoms with E-state index in [4.69, 9.17) is 4.74 Å². The van der Waals surface area contributed by atoms with Gasteiger partial charge in [-0.05, 0) is 83.5 Å². The molecular weight excluding hydrogens is 995 g/mol. The number of allylic oxidation sites excluding steroid dienone is 6. The van der Waals surface area contributed by atoms with Crippen LogP contribution in [0.3, 0.4) is 0 Å². The summed E-state index contributed by atoms with van der Waals surface area (Å²) in [6.07, 6.45) is 90.7. The molecule has 1 amide bonds. The summed E-state index contributed by atoms with van der Waals surface area (Å²) in [4.78, 5) is 24.6. The van der Waals surface area contributed by atoms with Crippen LogP contribution in [0.4, 0.5) is 0 Å². The van der Waals surface area contributed by atoms with E-state index in [9.17, 15) is 19.8 Å². The highest BCUT2D eigenvalue weighted by molar-refractivity contribution is 5.76. The quantitative estimate of drug-likeness (QED) is 0.0320. The highest BCUT2D eigenvalue weighted by Crippen LogP contribution is 2.19. The Hall–Kier alpha value is -1.92. The zero-order valence-corrected chi connectivity index (χ0v) is 54.8. The Kier molecular flexibility index (Phi) is 68.9. The smallest absolute Gasteiger partial charge is 0.305 e. The summed E-state index contributed by atoms with van der Waals surface area (Å²) in [5, 5.41) is 23.4. The number of rotatable bonds is 69. The van der Waals surface area contributed by atoms with Gasteiger partial charge >= 0.3 is 5.97 Å². The van der Waals surface area contributed by atoms with Crippen LogP contribution in [0.5, 0.6) is 0 Å². The van der Waals surface area contributed by atoms with E-state index < -0.39 is 12.1 Å². The van der Waals surface area contributed by atoms with Crippen molar-refractivity contribution in [1.82, 2.24) is 5.32 Å². The predicted molar refractivity (Wildman–Crippen MR) is 356 cm³/mol. The van der Waals surface area contributed by atoms with Crippen molar-refractivity contribution < 1.29 is 24.5 Å². The van der Waals surface area contributed by atoms with Crippen LogP contribution in [0.15, 0.2) is 36.5 Å². The van der Waals surface area contributed by atoms with Crippen LogP contribution in [-0.2, 0) is 14.3 Å². The fourth-order valence-corrected chi connectivity index (χ4v) is 11.6. The van der Waals surface area contributed by atoms with Gasteiger partial charge in [0, 0.05) is 12.8 Å². The van der Waals surface area contributed by atoms with E-state index in [0.717, 1.165) is 51.4 Å². The lowest BCUT2D eigenvalue weighted by atomic mass is 10.0. The van der Waals surface area contributed by atoms with E-state index in [-0.39, 0.29) is 18.5 Å². The summed E-state index contributed by atoms with van der Waals surface area (Å²) in [5.41, 5.74) is 0. The molecular formula is C75H143NO5. The molecule has 0 aliphatic carbocycles. The van der Waals surface area contributed by atoms with Crippen LogP contribution in [0.1, 0.15) is 406 Å². The minimum absolute atomic E-state index is 0.00671. The Morgan fingerprint density at radius 2 is 0.617 bits per heavy atom. The van der Waals surface area contributed by atoms with Crippen LogP contribution in [0, 0.1) is 0 Å². The molecule has 0 radical (unpaired) electrons.